The monoisotopic (exact) mass is 547 g/mol. The number of para-hydroxylation sites is 1. The van der Waals surface area contributed by atoms with Crippen molar-refractivity contribution >= 4 is 17.9 Å². The fraction of sp³-hybridized carbons (Fsp3) is 0.710. The molecular formula is C31H53N3O5. The molecule has 2 atom stereocenters. The summed E-state index contributed by atoms with van der Waals surface area (Å²) >= 11 is 0. The second kappa shape index (κ2) is 17.0. The van der Waals surface area contributed by atoms with Crippen molar-refractivity contribution in [3.63, 3.8) is 0 Å². The number of phenols is 1. The molecule has 39 heavy (non-hydrogen) atoms. The van der Waals surface area contributed by atoms with Gasteiger partial charge in [-0.1, -0.05) is 84.4 Å². The molecular weight excluding hydrogens is 494 g/mol. The maximum Gasteiger partial charge on any atom is 0.408 e. The SMILES string of the molecule is CCCCCCCN(C(=O)C(NC(=O)OC(C)(C)C)C(C)C)C(C(=O)NCCCCC)c1cccc(C)c1O. The minimum absolute atomic E-state index is 0.00353. The molecule has 2 unspecified atom stereocenters. The molecule has 0 saturated heterocycles. The molecule has 3 N–H and O–H groups in total. The molecule has 0 spiro atoms. The maximum atomic E-state index is 14.2. The summed E-state index contributed by atoms with van der Waals surface area (Å²) in [5.41, 5.74) is 0.283. The van der Waals surface area contributed by atoms with E-state index in [9.17, 15) is 19.5 Å². The van der Waals surface area contributed by atoms with E-state index < -0.39 is 23.8 Å². The molecule has 0 aliphatic rings. The summed E-state index contributed by atoms with van der Waals surface area (Å²) in [6.45, 7) is 15.8. The van der Waals surface area contributed by atoms with Crippen molar-refractivity contribution in [2.75, 3.05) is 13.1 Å². The highest BCUT2D eigenvalue weighted by Crippen LogP contribution is 2.33. The lowest BCUT2D eigenvalue weighted by molar-refractivity contribution is -0.143. The normalized spacial score (nSPS) is 13.1. The Kier molecular flexibility index (Phi) is 15.0. The van der Waals surface area contributed by atoms with E-state index >= 15 is 0 Å². The van der Waals surface area contributed by atoms with Crippen LogP contribution in [0.2, 0.25) is 0 Å². The third-order valence-electron chi connectivity index (χ3n) is 6.59. The van der Waals surface area contributed by atoms with Crippen LogP contribution in [0.1, 0.15) is 117 Å². The van der Waals surface area contributed by atoms with Crippen LogP contribution < -0.4 is 10.6 Å². The minimum atomic E-state index is -1.04. The summed E-state index contributed by atoms with van der Waals surface area (Å²) in [7, 11) is 0. The van der Waals surface area contributed by atoms with E-state index in [1.807, 2.05) is 13.8 Å². The van der Waals surface area contributed by atoms with Gasteiger partial charge >= 0.3 is 6.09 Å². The Bertz CT molecular complexity index is 910. The van der Waals surface area contributed by atoms with Gasteiger partial charge in [0.15, 0.2) is 0 Å². The number of carbonyl (C=O) groups is 3. The Morgan fingerprint density at radius 2 is 1.59 bits per heavy atom. The number of alkyl carbamates (subject to hydrolysis) is 1. The number of unbranched alkanes of at least 4 members (excludes halogenated alkanes) is 6. The molecule has 0 bridgehead atoms. The number of nitrogens with one attached hydrogen (secondary N) is 2. The van der Waals surface area contributed by atoms with Gasteiger partial charge in [0.25, 0.3) is 0 Å². The number of aryl methyl sites for hydroxylation is 1. The van der Waals surface area contributed by atoms with Crippen LogP contribution in [0, 0.1) is 12.8 Å². The summed E-state index contributed by atoms with van der Waals surface area (Å²) < 4.78 is 5.44. The number of ether oxygens (including phenoxy) is 1. The number of aromatic hydroxyl groups is 1. The Balaban J connectivity index is 3.48. The Hall–Kier alpha value is -2.77. The highest BCUT2D eigenvalue weighted by molar-refractivity contribution is 5.92. The molecule has 8 nitrogen and oxygen atoms in total. The largest absolute Gasteiger partial charge is 0.507 e. The van der Waals surface area contributed by atoms with Crippen molar-refractivity contribution in [3.8, 4) is 5.75 Å². The highest BCUT2D eigenvalue weighted by Gasteiger charge is 2.38. The number of carbonyl (C=O) groups excluding carboxylic acids is 3. The molecule has 1 aromatic rings. The topological polar surface area (TPSA) is 108 Å². The fourth-order valence-electron chi connectivity index (χ4n) is 4.42. The minimum Gasteiger partial charge on any atom is -0.507 e. The standard InChI is InChI=1S/C31H53N3O5/c1-9-11-13-14-16-21-34(29(37)25(22(3)4)33-30(38)39-31(6,7)8)26(28(36)32-20-15-12-10-2)24-19-17-18-23(5)27(24)35/h17-19,22,25-26,35H,9-16,20-21H2,1-8H3,(H,32,36)(H,33,38). The lowest BCUT2D eigenvalue weighted by atomic mass is 9.96. The number of hydrogen-bond donors (Lipinski definition) is 3. The van der Waals surface area contributed by atoms with Gasteiger partial charge in [-0.05, 0) is 52.0 Å². The van der Waals surface area contributed by atoms with Crippen molar-refractivity contribution in [2.24, 2.45) is 5.92 Å². The molecule has 1 rings (SSSR count). The summed E-state index contributed by atoms with van der Waals surface area (Å²) in [5, 5.41) is 16.8. The molecule has 0 radical (unpaired) electrons. The van der Waals surface area contributed by atoms with E-state index in [2.05, 4.69) is 24.5 Å². The molecule has 3 amide bonds. The zero-order valence-corrected chi connectivity index (χ0v) is 25.6. The third kappa shape index (κ3) is 11.9. The molecule has 0 fully saturated rings. The number of amides is 3. The average Bonchev–Trinajstić information content (AvgIpc) is 2.85. The van der Waals surface area contributed by atoms with E-state index in [-0.39, 0.29) is 23.5 Å². The molecule has 0 aliphatic carbocycles. The first-order chi connectivity index (χ1) is 18.3. The van der Waals surface area contributed by atoms with Crippen LogP contribution in [-0.4, -0.2) is 52.6 Å². The third-order valence-corrected chi connectivity index (χ3v) is 6.59. The van der Waals surface area contributed by atoms with Crippen LogP contribution in [0.25, 0.3) is 0 Å². The quantitative estimate of drug-likeness (QED) is 0.208. The smallest absolute Gasteiger partial charge is 0.408 e. The van der Waals surface area contributed by atoms with Gasteiger partial charge in [0.2, 0.25) is 11.8 Å². The van der Waals surface area contributed by atoms with Gasteiger partial charge in [0.05, 0.1) is 0 Å². The summed E-state index contributed by atoms with van der Waals surface area (Å²) in [5.74, 6) is -0.974. The van der Waals surface area contributed by atoms with Crippen molar-refractivity contribution in [2.45, 2.75) is 124 Å². The van der Waals surface area contributed by atoms with E-state index in [1.54, 1.807) is 45.9 Å². The van der Waals surface area contributed by atoms with Crippen LogP contribution in [0.5, 0.6) is 5.75 Å². The zero-order chi connectivity index (χ0) is 29.6. The Labute approximate surface area is 236 Å². The predicted octanol–water partition coefficient (Wildman–Crippen LogP) is 6.40. The second-order valence-corrected chi connectivity index (χ2v) is 11.7. The van der Waals surface area contributed by atoms with E-state index in [4.69, 9.17) is 4.74 Å². The van der Waals surface area contributed by atoms with E-state index in [0.29, 0.717) is 30.6 Å². The van der Waals surface area contributed by atoms with Gasteiger partial charge in [-0.25, -0.2) is 4.79 Å². The van der Waals surface area contributed by atoms with Gasteiger partial charge < -0.3 is 25.4 Å². The second-order valence-electron chi connectivity index (χ2n) is 11.7. The Morgan fingerprint density at radius 3 is 2.18 bits per heavy atom. The summed E-state index contributed by atoms with van der Waals surface area (Å²) in [6.07, 6.45) is 6.99. The molecule has 0 aromatic heterocycles. The number of nitrogens with zero attached hydrogens (tertiary/aromatic N) is 1. The first kappa shape index (κ1) is 34.3. The van der Waals surface area contributed by atoms with Gasteiger partial charge in [0.1, 0.15) is 23.4 Å². The summed E-state index contributed by atoms with van der Waals surface area (Å²) in [6, 6.07) is 3.31. The fourth-order valence-corrected chi connectivity index (χ4v) is 4.42. The zero-order valence-electron chi connectivity index (χ0n) is 25.6. The molecule has 1 aromatic carbocycles. The predicted molar refractivity (Wildman–Crippen MR) is 157 cm³/mol. The number of rotatable bonds is 16. The molecule has 0 aliphatic heterocycles. The van der Waals surface area contributed by atoms with Gasteiger partial charge in [0, 0.05) is 18.7 Å². The first-order valence-corrected chi connectivity index (χ1v) is 14.7. The molecule has 8 heteroatoms. The maximum absolute atomic E-state index is 14.2. The lowest BCUT2D eigenvalue weighted by Gasteiger charge is -2.36. The highest BCUT2D eigenvalue weighted by atomic mass is 16.6. The molecule has 0 saturated carbocycles. The number of phenolic OH excluding ortho intramolecular Hbond substituents is 1. The summed E-state index contributed by atoms with van der Waals surface area (Å²) in [4.78, 5) is 42.1. The van der Waals surface area contributed by atoms with Crippen molar-refractivity contribution in [1.82, 2.24) is 15.5 Å². The molecule has 222 valence electrons. The van der Waals surface area contributed by atoms with Crippen molar-refractivity contribution in [3.05, 3.63) is 29.3 Å². The van der Waals surface area contributed by atoms with Crippen LogP contribution in [0.15, 0.2) is 18.2 Å². The van der Waals surface area contributed by atoms with Crippen molar-refractivity contribution in [1.29, 1.82) is 0 Å². The Morgan fingerprint density at radius 1 is 0.974 bits per heavy atom. The van der Waals surface area contributed by atoms with Gasteiger partial charge in [-0.3, -0.25) is 9.59 Å². The van der Waals surface area contributed by atoms with Crippen LogP contribution in [0.3, 0.4) is 0 Å². The average molecular weight is 548 g/mol. The molecule has 0 heterocycles. The van der Waals surface area contributed by atoms with Crippen molar-refractivity contribution < 1.29 is 24.2 Å². The van der Waals surface area contributed by atoms with Gasteiger partial charge in [-0.15, -0.1) is 0 Å². The first-order valence-electron chi connectivity index (χ1n) is 14.7. The van der Waals surface area contributed by atoms with Crippen LogP contribution in [0.4, 0.5) is 4.79 Å². The van der Waals surface area contributed by atoms with Crippen LogP contribution >= 0.6 is 0 Å². The van der Waals surface area contributed by atoms with Crippen LogP contribution in [-0.2, 0) is 14.3 Å². The number of hydrogen-bond acceptors (Lipinski definition) is 5. The van der Waals surface area contributed by atoms with Gasteiger partial charge in [-0.2, -0.15) is 0 Å². The number of benzene rings is 1. The van der Waals surface area contributed by atoms with E-state index in [1.165, 1.54) is 4.90 Å². The lowest BCUT2D eigenvalue weighted by Crippen LogP contribution is -2.55. The van der Waals surface area contributed by atoms with E-state index in [0.717, 1.165) is 44.9 Å².